The zero-order valence-electron chi connectivity index (χ0n) is 8.73. The van der Waals surface area contributed by atoms with Crippen LogP contribution in [0.1, 0.15) is 15.9 Å². The molecule has 1 heterocycles. The van der Waals surface area contributed by atoms with Gasteiger partial charge < -0.3 is 9.47 Å². The second kappa shape index (κ2) is 4.18. The Morgan fingerprint density at radius 3 is 3.00 bits per heavy atom. The van der Waals surface area contributed by atoms with Crippen molar-refractivity contribution in [2.75, 3.05) is 13.7 Å². The maximum atomic E-state index is 11.3. The Hall–Kier alpha value is -2.10. The van der Waals surface area contributed by atoms with Crippen LogP contribution in [0, 0.1) is 0 Å². The van der Waals surface area contributed by atoms with Gasteiger partial charge in [0.25, 0.3) is 0 Å². The van der Waals surface area contributed by atoms with Crippen LogP contribution in [-0.4, -0.2) is 26.0 Å². The molecule has 0 aliphatic carbocycles. The summed E-state index contributed by atoms with van der Waals surface area (Å²) in [6, 6.07) is 4.97. The fraction of sp³-hybridized carbons (Fsp3) is 0.167. The Kier molecular flexibility index (Phi) is 2.72. The monoisotopic (exact) mass is 218 g/mol. The Bertz CT molecular complexity index is 474. The van der Waals surface area contributed by atoms with Gasteiger partial charge in [-0.3, -0.25) is 4.79 Å². The van der Waals surface area contributed by atoms with E-state index < -0.39 is 5.97 Å². The lowest BCUT2D eigenvalue weighted by atomic mass is 10.1. The van der Waals surface area contributed by atoms with Crippen molar-refractivity contribution in [2.24, 2.45) is 0 Å². The topological polar surface area (TPSA) is 52.6 Å². The van der Waals surface area contributed by atoms with Crippen molar-refractivity contribution in [3.8, 4) is 5.75 Å². The zero-order chi connectivity index (χ0) is 11.5. The van der Waals surface area contributed by atoms with Crippen LogP contribution in [0.3, 0.4) is 0 Å². The van der Waals surface area contributed by atoms with Gasteiger partial charge in [0, 0.05) is 11.1 Å². The Morgan fingerprint density at radius 1 is 1.50 bits per heavy atom. The molecule has 0 N–H and O–H groups in total. The van der Waals surface area contributed by atoms with E-state index in [4.69, 9.17) is 4.74 Å². The van der Waals surface area contributed by atoms with Gasteiger partial charge in [0.15, 0.2) is 0 Å². The van der Waals surface area contributed by atoms with Crippen LogP contribution in [0.15, 0.2) is 23.8 Å². The third-order valence-corrected chi connectivity index (χ3v) is 2.32. The number of hydrogen-bond acceptors (Lipinski definition) is 4. The van der Waals surface area contributed by atoms with Gasteiger partial charge in [0.05, 0.1) is 12.7 Å². The van der Waals surface area contributed by atoms with E-state index >= 15 is 0 Å². The van der Waals surface area contributed by atoms with E-state index in [1.807, 2.05) is 0 Å². The van der Waals surface area contributed by atoms with Gasteiger partial charge in [-0.2, -0.15) is 0 Å². The van der Waals surface area contributed by atoms with Gasteiger partial charge in [-0.05, 0) is 24.3 Å². The second-order valence-corrected chi connectivity index (χ2v) is 3.37. The predicted molar refractivity (Wildman–Crippen MR) is 57.3 cm³/mol. The van der Waals surface area contributed by atoms with E-state index in [9.17, 15) is 9.59 Å². The Balaban J connectivity index is 2.42. The van der Waals surface area contributed by atoms with E-state index in [0.29, 0.717) is 16.9 Å². The van der Waals surface area contributed by atoms with Crippen molar-refractivity contribution in [3.05, 3.63) is 34.9 Å². The molecule has 0 spiro atoms. The minimum Gasteiger partial charge on any atom is -0.488 e. The summed E-state index contributed by atoms with van der Waals surface area (Å²) in [4.78, 5) is 21.9. The number of esters is 1. The lowest BCUT2D eigenvalue weighted by Gasteiger charge is -2.15. The van der Waals surface area contributed by atoms with Crippen LogP contribution in [0.2, 0.25) is 0 Å². The van der Waals surface area contributed by atoms with Crippen LogP contribution >= 0.6 is 0 Å². The SMILES string of the molecule is COC(=O)c1ccc2c(c1)C=C(C=O)CO2. The summed E-state index contributed by atoms with van der Waals surface area (Å²) >= 11 is 0. The van der Waals surface area contributed by atoms with Crippen LogP contribution in [-0.2, 0) is 9.53 Å². The summed E-state index contributed by atoms with van der Waals surface area (Å²) in [5.74, 6) is 0.257. The minimum absolute atomic E-state index is 0.272. The van der Waals surface area contributed by atoms with Crippen molar-refractivity contribution in [3.63, 3.8) is 0 Å². The van der Waals surface area contributed by atoms with Crippen molar-refractivity contribution in [2.45, 2.75) is 0 Å². The number of rotatable bonds is 2. The number of benzene rings is 1. The molecule has 1 aliphatic heterocycles. The lowest BCUT2D eigenvalue weighted by molar-refractivity contribution is -0.105. The number of hydrogen-bond donors (Lipinski definition) is 0. The first kappa shape index (κ1) is 10.4. The summed E-state index contributed by atoms with van der Waals surface area (Å²) in [5, 5.41) is 0. The van der Waals surface area contributed by atoms with E-state index in [1.165, 1.54) is 7.11 Å². The van der Waals surface area contributed by atoms with Gasteiger partial charge in [-0.1, -0.05) is 0 Å². The highest BCUT2D eigenvalue weighted by atomic mass is 16.5. The third-order valence-electron chi connectivity index (χ3n) is 2.32. The van der Waals surface area contributed by atoms with Crippen molar-refractivity contribution in [1.29, 1.82) is 0 Å². The number of methoxy groups -OCH3 is 1. The molecule has 0 aromatic heterocycles. The van der Waals surface area contributed by atoms with Crippen LogP contribution in [0.25, 0.3) is 6.08 Å². The predicted octanol–water partition coefficient (Wildman–Crippen LogP) is 1.45. The second-order valence-electron chi connectivity index (χ2n) is 3.37. The molecule has 0 saturated carbocycles. The fourth-order valence-corrected chi connectivity index (χ4v) is 1.51. The highest BCUT2D eigenvalue weighted by Crippen LogP contribution is 2.26. The molecule has 0 radical (unpaired) electrons. The molecule has 1 aromatic carbocycles. The average Bonchev–Trinajstić information content (AvgIpc) is 2.36. The fourth-order valence-electron chi connectivity index (χ4n) is 1.51. The smallest absolute Gasteiger partial charge is 0.337 e. The molecule has 4 nitrogen and oxygen atoms in total. The van der Waals surface area contributed by atoms with Crippen LogP contribution in [0.5, 0.6) is 5.75 Å². The summed E-state index contributed by atoms with van der Waals surface area (Å²) in [6.45, 7) is 0.272. The largest absolute Gasteiger partial charge is 0.488 e. The molecular formula is C12H10O4. The molecule has 0 unspecified atom stereocenters. The maximum absolute atomic E-state index is 11.3. The van der Waals surface area contributed by atoms with Crippen LogP contribution < -0.4 is 4.74 Å². The minimum atomic E-state index is -0.408. The van der Waals surface area contributed by atoms with E-state index in [2.05, 4.69) is 4.74 Å². The number of ether oxygens (including phenoxy) is 2. The standard InChI is InChI=1S/C12H10O4/c1-15-12(14)9-2-3-11-10(5-9)4-8(6-13)7-16-11/h2-6H,7H2,1H3. The molecular weight excluding hydrogens is 208 g/mol. The first-order chi connectivity index (χ1) is 7.74. The van der Waals surface area contributed by atoms with Gasteiger partial charge in [-0.25, -0.2) is 4.79 Å². The molecule has 4 heteroatoms. The van der Waals surface area contributed by atoms with Crippen molar-refractivity contribution >= 4 is 18.3 Å². The van der Waals surface area contributed by atoms with Gasteiger partial charge in [-0.15, -0.1) is 0 Å². The molecule has 0 amide bonds. The molecule has 1 aliphatic rings. The van der Waals surface area contributed by atoms with Gasteiger partial charge in [0.2, 0.25) is 0 Å². The van der Waals surface area contributed by atoms with E-state index in [1.54, 1.807) is 24.3 Å². The first-order valence-corrected chi connectivity index (χ1v) is 4.75. The molecule has 0 fully saturated rings. The van der Waals surface area contributed by atoms with E-state index in [0.717, 1.165) is 11.8 Å². The van der Waals surface area contributed by atoms with E-state index in [-0.39, 0.29) is 6.61 Å². The average molecular weight is 218 g/mol. The van der Waals surface area contributed by atoms with Crippen molar-refractivity contribution < 1.29 is 19.1 Å². The normalized spacial score (nSPS) is 13.2. The highest BCUT2D eigenvalue weighted by molar-refractivity contribution is 5.92. The molecule has 1 aromatic rings. The molecule has 16 heavy (non-hydrogen) atoms. The Morgan fingerprint density at radius 2 is 2.31 bits per heavy atom. The van der Waals surface area contributed by atoms with Crippen LogP contribution in [0.4, 0.5) is 0 Å². The molecule has 0 saturated heterocycles. The number of carbonyl (C=O) groups is 2. The first-order valence-electron chi connectivity index (χ1n) is 4.75. The summed E-state index contributed by atoms with van der Waals surface area (Å²) in [6.07, 6.45) is 2.45. The third kappa shape index (κ3) is 1.82. The zero-order valence-corrected chi connectivity index (χ0v) is 8.73. The molecule has 2 rings (SSSR count). The molecule has 0 bridgehead atoms. The molecule has 82 valence electrons. The summed E-state index contributed by atoms with van der Waals surface area (Å²) < 4.78 is 9.95. The molecule has 0 atom stereocenters. The summed E-state index contributed by atoms with van der Waals surface area (Å²) in [5.41, 5.74) is 1.71. The lowest BCUT2D eigenvalue weighted by Crippen LogP contribution is -2.09. The number of carbonyl (C=O) groups excluding carboxylic acids is 2. The van der Waals surface area contributed by atoms with Gasteiger partial charge in [0.1, 0.15) is 18.6 Å². The summed E-state index contributed by atoms with van der Waals surface area (Å²) in [7, 11) is 1.32. The van der Waals surface area contributed by atoms with Crippen molar-refractivity contribution in [1.82, 2.24) is 0 Å². The number of aldehydes is 1. The highest BCUT2D eigenvalue weighted by Gasteiger charge is 2.14. The quantitative estimate of drug-likeness (QED) is 0.557. The van der Waals surface area contributed by atoms with Gasteiger partial charge >= 0.3 is 5.97 Å². The maximum Gasteiger partial charge on any atom is 0.337 e. The Labute approximate surface area is 92.5 Å². The number of fused-ring (bicyclic) bond motifs is 1.